The van der Waals surface area contributed by atoms with E-state index in [9.17, 15) is 18.0 Å². The summed E-state index contributed by atoms with van der Waals surface area (Å²) in [6, 6.07) is 5.54. The lowest BCUT2D eigenvalue weighted by atomic mass is 10.0. The summed E-state index contributed by atoms with van der Waals surface area (Å²) >= 11 is 0. The van der Waals surface area contributed by atoms with Crippen LogP contribution in [0.25, 0.3) is 0 Å². The monoisotopic (exact) mass is 457 g/mol. The zero-order valence-corrected chi connectivity index (χ0v) is 17.6. The summed E-state index contributed by atoms with van der Waals surface area (Å²) in [5, 5.41) is 3.04. The summed E-state index contributed by atoms with van der Waals surface area (Å²) in [6.45, 7) is 2.38. The minimum Gasteiger partial charge on any atom is -0.364 e. The lowest BCUT2D eigenvalue weighted by molar-refractivity contribution is -0.137. The van der Waals surface area contributed by atoms with Crippen molar-refractivity contribution < 1.29 is 22.7 Å². The largest absolute Gasteiger partial charge is 0.416 e. The first-order chi connectivity index (χ1) is 12.8. The van der Waals surface area contributed by atoms with Crippen molar-refractivity contribution >= 4 is 30.7 Å². The molecule has 5 nitrogen and oxygen atoms in total. The van der Waals surface area contributed by atoms with Gasteiger partial charge in [0.1, 0.15) is 6.10 Å². The van der Waals surface area contributed by atoms with E-state index in [2.05, 4.69) is 10.2 Å². The number of likely N-dealkylation sites (tertiary alicyclic amines) is 1. The number of halogens is 5. The Bertz CT molecular complexity index is 656. The maximum absolute atomic E-state index is 12.8. The third-order valence-electron chi connectivity index (χ3n) is 5.26. The van der Waals surface area contributed by atoms with Gasteiger partial charge in [-0.25, -0.2) is 0 Å². The summed E-state index contributed by atoms with van der Waals surface area (Å²) in [5.74, 6) is -0.0812. The molecule has 2 fully saturated rings. The molecule has 0 radical (unpaired) electrons. The quantitative estimate of drug-likeness (QED) is 0.712. The number of rotatable bonds is 5. The molecule has 2 aliphatic rings. The number of alkyl halides is 3. The summed E-state index contributed by atoms with van der Waals surface area (Å²) < 4.78 is 44.1. The number of nitrogens with two attached hydrogens (primary N) is 1. The van der Waals surface area contributed by atoms with Crippen LogP contribution in [-0.2, 0) is 22.3 Å². The topological polar surface area (TPSA) is 67.6 Å². The SMILES string of the molecule is Cl.Cl.NC[C@H]1CC[C@@H](C(=O)NC2CCN(Cc3cccc(C(F)(F)F)c3)CC2)O1. The third kappa shape index (κ3) is 7.29. The molecule has 1 aromatic rings. The zero-order chi connectivity index (χ0) is 19.4. The Balaban J connectivity index is 0.00000210. The highest BCUT2D eigenvalue weighted by molar-refractivity contribution is 5.85. The zero-order valence-electron chi connectivity index (χ0n) is 16.0. The van der Waals surface area contributed by atoms with Gasteiger partial charge in [0.25, 0.3) is 0 Å². The van der Waals surface area contributed by atoms with Gasteiger partial charge in [-0.2, -0.15) is 13.2 Å². The van der Waals surface area contributed by atoms with Gasteiger partial charge in [-0.05, 0) is 37.3 Å². The number of benzene rings is 1. The van der Waals surface area contributed by atoms with Crippen molar-refractivity contribution in [3.63, 3.8) is 0 Å². The summed E-state index contributed by atoms with van der Waals surface area (Å²) in [4.78, 5) is 14.4. The van der Waals surface area contributed by atoms with Gasteiger partial charge >= 0.3 is 6.18 Å². The van der Waals surface area contributed by atoms with Crippen LogP contribution in [0.4, 0.5) is 13.2 Å². The summed E-state index contributed by atoms with van der Waals surface area (Å²) in [7, 11) is 0. The lowest BCUT2D eigenvalue weighted by Gasteiger charge is -2.33. The Kier molecular flexibility index (Phi) is 10.2. The number of hydrogen-bond acceptors (Lipinski definition) is 4. The number of ether oxygens (including phenoxy) is 1. The first-order valence-corrected chi connectivity index (χ1v) is 9.39. The Hall–Kier alpha value is -1.06. The highest BCUT2D eigenvalue weighted by Gasteiger charge is 2.32. The van der Waals surface area contributed by atoms with Crippen LogP contribution in [0, 0.1) is 0 Å². The normalized spacial score (nSPS) is 23.2. The molecule has 0 aliphatic carbocycles. The first kappa shape index (κ1) is 26.0. The van der Waals surface area contributed by atoms with Crippen molar-refractivity contribution in [3.8, 4) is 0 Å². The molecular formula is C19H28Cl2F3N3O2. The van der Waals surface area contributed by atoms with Gasteiger partial charge in [0.15, 0.2) is 0 Å². The molecule has 10 heteroatoms. The number of amides is 1. The van der Waals surface area contributed by atoms with Crippen LogP contribution in [0.5, 0.6) is 0 Å². The van der Waals surface area contributed by atoms with Gasteiger partial charge in [0.05, 0.1) is 11.7 Å². The van der Waals surface area contributed by atoms with Crippen LogP contribution in [0.3, 0.4) is 0 Å². The van der Waals surface area contributed by atoms with Crippen molar-refractivity contribution in [2.24, 2.45) is 5.73 Å². The smallest absolute Gasteiger partial charge is 0.364 e. The molecule has 2 heterocycles. The van der Waals surface area contributed by atoms with E-state index < -0.39 is 17.8 Å². The lowest BCUT2D eigenvalue weighted by Crippen LogP contribution is -2.47. The fourth-order valence-electron chi connectivity index (χ4n) is 3.71. The highest BCUT2D eigenvalue weighted by atomic mass is 35.5. The maximum atomic E-state index is 12.8. The average Bonchev–Trinajstić information content (AvgIpc) is 3.12. The maximum Gasteiger partial charge on any atom is 0.416 e. The van der Waals surface area contributed by atoms with E-state index >= 15 is 0 Å². The molecule has 0 saturated carbocycles. The summed E-state index contributed by atoms with van der Waals surface area (Å²) in [6.07, 6.45) is -1.71. The molecule has 3 rings (SSSR count). The number of nitrogens with zero attached hydrogens (tertiary/aromatic N) is 1. The van der Waals surface area contributed by atoms with Crippen LogP contribution in [0.2, 0.25) is 0 Å². The molecule has 2 aliphatic heterocycles. The van der Waals surface area contributed by atoms with Crippen molar-refractivity contribution in [2.45, 2.75) is 56.7 Å². The van der Waals surface area contributed by atoms with E-state index in [-0.39, 0.29) is 42.9 Å². The molecule has 3 N–H and O–H groups in total. The number of piperidine rings is 1. The number of nitrogens with one attached hydrogen (secondary N) is 1. The summed E-state index contributed by atoms with van der Waals surface area (Å²) in [5.41, 5.74) is 5.60. The van der Waals surface area contributed by atoms with Gasteiger partial charge in [-0.15, -0.1) is 24.8 Å². The minimum absolute atomic E-state index is 0. The minimum atomic E-state index is -4.32. The molecule has 1 aromatic carbocycles. The molecule has 29 heavy (non-hydrogen) atoms. The predicted molar refractivity (Wildman–Crippen MR) is 109 cm³/mol. The highest BCUT2D eigenvalue weighted by Crippen LogP contribution is 2.30. The van der Waals surface area contributed by atoms with Crippen molar-refractivity contribution in [2.75, 3.05) is 19.6 Å². The van der Waals surface area contributed by atoms with Crippen LogP contribution < -0.4 is 11.1 Å². The fraction of sp³-hybridized carbons (Fsp3) is 0.632. The second-order valence-corrected chi connectivity index (χ2v) is 7.32. The van der Waals surface area contributed by atoms with Gasteiger partial charge in [0.2, 0.25) is 5.91 Å². The third-order valence-corrected chi connectivity index (χ3v) is 5.26. The van der Waals surface area contributed by atoms with Crippen molar-refractivity contribution in [1.82, 2.24) is 10.2 Å². The number of carbonyl (C=O) groups is 1. The number of hydrogen-bond donors (Lipinski definition) is 2. The van der Waals surface area contributed by atoms with Crippen molar-refractivity contribution in [1.29, 1.82) is 0 Å². The molecular weight excluding hydrogens is 430 g/mol. The second-order valence-electron chi connectivity index (χ2n) is 7.32. The molecule has 2 atom stereocenters. The van der Waals surface area contributed by atoms with E-state index in [0.29, 0.717) is 25.1 Å². The number of carbonyl (C=O) groups excluding carboxylic acids is 1. The van der Waals surface area contributed by atoms with E-state index in [1.54, 1.807) is 6.07 Å². The molecule has 1 amide bonds. The van der Waals surface area contributed by atoms with Crippen LogP contribution in [0.1, 0.15) is 36.8 Å². The fourth-order valence-corrected chi connectivity index (χ4v) is 3.71. The van der Waals surface area contributed by atoms with E-state index in [0.717, 1.165) is 38.4 Å². The Labute approximate surface area is 181 Å². The predicted octanol–water partition coefficient (Wildman–Crippen LogP) is 3.14. The molecule has 0 aromatic heterocycles. The Morgan fingerprint density at radius 2 is 1.86 bits per heavy atom. The molecule has 2 saturated heterocycles. The first-order valence-electron chi connectivity index (χ1n) is 9.39. The van der Waals surface area contributed by atoms with Crippen LogP contribution in [-0.4, -0.2) is 48.7 Å². The van der Waals surface area contributed by atoms with E-state index in [1.165, 1.54) is 12.1 Å². The Morgan fingerprint density at radius 3 is 2.45 bits per heavy atom. The van der Waals surface area contributed by atoms with Gasteiger partial charge in [-0.1, -0.05) is 18.2 Å². The molecule has 0 bridgehead atoms. The van der Waals surface area contributed by atoms with E-state index in [4.69, 9.17) is 10.5 Å². The Morgan fingerprint density at radius 1 is 1.17 bits per heavy atom. The van der Waals surface area contributed by atoms with Gasteiger partial charge < -0.3 is 15.8 Å². The molecule has 0 unspecified atom stereocenters. The van der Waals surface area contributed by atoms with Crippen LogP contribution in [0.15, 0.2) is 24.3 Å². The van der Waals surface area contributed by atoms with Crippen LogP contribution >= 0.6 is 24.8 Å². The average molecular weight is 458 g/mol. The van der Waals surface area contributed by atoms with E-state index in [1.807, 2.05) is 0 Å². The molecule has 166 valence electrons. The van der Waals surface area contributed by atoms with Gasteiger partial charge in [-0.3, -0.25) is 9.69 Å². The molecule has 0 spiro atoms. The second kappa shape index (κ2) is 11.4. The van der Waals surface area contributed by atoms with Gasteiger partial charge in [0, 0.05) is 32.2 Å². The standard InChI is InChI=1S/C19H26F3N3O2.2ClH/c20-19(21,22)14-3-1-2-13(10-14)12-25-8-6-15(7-9-25)24-18(26)17-5-4-16(11-23)27-17;;/h1-3,10,15-17H,4-9,11-12,23H2,(H,24,26);2*1H/t16-,17+;;/m1../s1. The van der Waals surface area contributed by atoms with Crippen molar-refractivity contribution in [3.05, 3.63) is 35.4 Å².